The Morgan fingerprint density at radius 1 is 1.08 bits per heavy atom. The van der Waals surface area contributed by atoms with Gasteiger partial charge in [-0.1, -0.05) is 30.3 Å². The first-order chi connectivity index (χ1) is 18.0. The fraction of sp³-hybridized carbons (Fsp3) is 0.207. The van der Waals surface area contributed by atoms with Gasteiger partial charge in [-0.2, -0.15) is 0 Å². The summed E-state index contributed by atoms with van der Waals surface area (Å²) in [5, 5.41) is 7.03. The Morgan fingerprint density at radius 2 is 1.92 bits per heavy atom. The molecule has 1 fully saturated rings. The highest BCUT2D eigenvalue weighted by atomic mass is 32.1. The Balaban J connectivity index is 1.44. The maximum atomic E-state index is 12.9. The maximum absolute atomic E-state index is 12.9. The zero-order chi connectivity index (χ0) is 25.8. The maximum Gasteiger partial charge on any atom is 0.226 e. The van der Waals surface area contributed by atoms with Crippen molar-refractivity contribution < 1.29 is 9.53 Å². The lowest BCUT2D eigenvalue weighted by atomic mass is 10.0. The van der Waals surface area contributed by atoms with E-state index in [0.717, 1.165) is 17.1 Å². The van der Waals surface area contributed by atoms with E-state index < -0.39 is 0 Å². The number of amides is 1. The molecule has 3 heterocycles. The SMILES string of the molecule is COc1ccccc1NC(=O)CCN1C(=S)N[C@@H](c2ccccn2)[C@H]1c1cccn1-c1cccc(C)c1. The number of thiocarbonyl (C=S) groups is 1. The molecule has 2 atom stereocenters. The Bertz CT molecular complexity index is 1400. The van der Waals surface area contributed by atoms with Crippen molar-refractivity contribution in [3.05, 3.63) is 108 Å². The minimum atomic E-state index is -0.163. The molecule has 1 aliphatic rings. The summed E-state index contributed by atoms with van der Waals surface area (Å²) >= 11 is 5.80. The second-order valence-corrected chi connectivity index (χ2v) is 9.35. The Labute approximate surface area is 222 Å². The van der Waals surface area contributed by atoms with E-state index in [1.54, 1.807) is 13.3 Å². The van der Waals surface area contributed by atoms with E-state index in [0.29, 0.717) is 23.1 Å². The van der Waals surface area contributed by atoms with E-state index in [-0.39, 0.29) is 24.4 Å². The minimum Gasteiger partial charge on any atom is -0.495 e. The van der Waals surface area contributed by atoms with Crippen LogP contribution in [0, 0.1) is 6.92 Å². The molecule has 1 amide bonds. The zero-order valence-electron chi connectivity index (χ0n) is 20.8. The van der Waals surface area contributed by atoms with Crippen LogP contribution < -0.4 is 15.4 Å². The average molecular weight is 512 g/mol. The second kappa shape index (κ2) is 10.8. The van der Waals surface area contributed by atoms with Gasteiger partial charge in [-0.05, 0) is 73.2 Å². The molecule has 2 aromatic carbocycles. The van der Waals surface area contributed by atoms with Crippen molar-refractivity contribution in [1.82, 2.24) is 19.8 Å². The largest absolute Gasteiger partial charge is 0.495 e. The van der Waals surface area contributed by atoms with Crippen LogP contribution in [0.4, 0.5) is 5.69 Å². The third-order valence-corrected chi connectivity index (χ3v) is 6.87. The summed E-state index contributed by atoms with van der Waals surface area (Å²) in [6.07, 6.45) is 4.12. The molecule has 0 saturated carbocycles. The topological polar surface area (TPSA) is 71.4 Å². The third-order valence-electron chi connectivity index (χ3n) is 6.52. The molecule has 7 nitrogen and oxygen atoms in total. The predicted molar refractivity (Wildman–Crippen MR) is 149 cm³/mol. The number of methoxy groups -OCH3 is 1. The van der Waals surface area contributed by atoms with E-state index in [2.05, 4.69) is 68.5 Å². The zero-order valence-corrected chi connectivity index (χ0v) is 21.6. The third kappa shape index (κ3) is 5.20. The number of carbonyl (C=O) groups is 1. The second-order valence-electron chi connectivity index (χ2n) is 8.96. The molecule has 4 aromatic rings. The van der Waals surface area contributed by atoms with Crippen LogP contribution in [-0.4, -0.2) is 39.1 Å². The molecule has 188 valence electrons. The van der Waals surface area contributed by atoms with Gasteiger partial charge < -0.3 is 24.8 Å². The van der Waals surface area contributed by atoms with Gasteiger partial charge in [0.25, 0.3) is 0 Å². The van der Waals surface area contributed by atoms with Crippen molar-refractivity contribution in [2.75, 3.05) is 19.0 Å². The minimum absolute atomic E-state index is 0.110. The Hall–Kier alpha value is -4.17. The van der Waals surface area contributed by atoms with E-state index in [9.17, 15) is 4.79 Å². The first-order valence-electron chi connectivity index (χ1n) is 12.2. The van der Waals surface area contributed by atoms with Crippen molar-refractivity contribution >= 4 is 28.9 Å². The van der Waals surface area contributed by atoms with Crippen LogP contribution in [0.1, 0.15) is 35.5 Å². The first-order valence-corrected chi connectivity index (χ1v) is 12.6. The average Bonchev–Trinajstić information content (AvgIpc) is 3.52. The van der Waals surface area contributed by atoms with Gasteiger partial charge in [-0.15, -0.1) is 0 Å². The van der Waals surface area contributed by atoms with Crippen molar-refractivity contribution in [3.8, 4) is 11.4 Å². The van der Waals surface area contributed by atoms with Crippen LogP contribution in [0.15, 0.2) is 91.3 Å². The van der Waals surface area contributed by atoms with E-state index in [4.69, 9.17) is 17.0 Å². The fourth-order valence-electron chi connectivity index (χ4n) is 4.80. The van der Waals surface area contributed by atoms with Gasteiger partial charge in [0.05, 0.1) is 30.6 Å². The van der Waals surface area contributed by atoms with Gasteiger partial charge in [-0.25, -0.2) is 0 Å². The van der Waals surface area contributed by atoms with E-state index in [1.807, 2.05) is 48.5 Å². The number of hydrogen-bond donors (Lipinski definition) is 2. The molecule has 5 rings (SSSR count). The summed E-state index contributed by atoms with van der Waals surface area (Å²) in [5.41, 5.74) is 4.87. The van der Waals surface area contributed by atoms with Crippen LogP contribution >= 0.6 is 12.2 Å². The molecule has 0 bridgehead atoms. The van der Waals surface area contributed by atoms with Crippen LogP contribution in [0.2, 0.25) is 0 Å². The number of ether oxygens (including phenoxy) is 1. The molecule has 8 heteroatoms. The van der Waals surface area contributed by atoms with Crippen molar-refractivity contribution in [2.24, 2.45) is 0 Å². The summed E-state index contributed by atoms with van der Waals surface area (Å²) in [6.45, 7) is 2.53. The molecular weight excluding hydrogens is 482 g/mol. The standard InChI is InChI=1S/C29H29N5O2S/c1-20-9-7-10-21(19-20)33-17-8-13-24(33)28-27(23-12-5-6-16-30-23)32-29(37)34(28)18-15-26(35)31-22-11-3-4-14-25(22)36-2/h3-14,16-17,19,27-28H,15,18H2,1-2H3,(H,31,35)(H,32,37)/t27-,28+/m0/s1. The van der Waals surface area contributed by atoms with Crippen LogP contribution in [-0.2, 0) is 4.79 Å². The Morgan fingerprint density at radius 3 is 2.70 bits per heavy atom. The smallest absolute Gasteiger partial charge is 0.226 e. The number of benzene rings is 2. The van der Waals surface area contributed by atoms with Gasteiger partial charge in [0, 0.05) is 36.7 Å². The Kier molecular flexibility index (Phi) is 7.18. The molecule has 2 aromatic heterocycles. The summed E-state index contributed by atoms with van der Waals surface area (Å²) in [7, 11) is 1.59. The van der Waals surface area contributed by atoms with Crippen molar-refractivity contribution in [1.29, 1.82) is 0 Å². The lowest BCUT2D eigenvalue weighted by Gasteiger charge is -2.29. The number of rotatable bonds is 8. The number of carbonyl (C=O) groups excluding carboxylic acids is 1. The van der Waals surface area contributed by atoms with Gasteiger partial charge >= 0.3 is 0 Å². The summed E-state index contributed by atoms with van der Waals surface area (Å²) in [5.74, 6) is 0.514. The van der Waals surface area contributed by atoms with E-state index >= 15 is 0 Å². The molecule has 1 aliphatic heterocycles. The number of nitrogens with zero attached hydrogens (tertiary/aromatic N) is 3. The predicted octanol–water partition coefficient (Wildman–Crippen LogP) is 5.19. The molecule has 0 spiro atoms. The van der Waals surface area contributed by atoms with Gasteiger partial charge in [-0.3, -0.25) is 9.78 Å². The van der Waals surface area contributed by atoms with Crippen LogP contribution in [0.25, 0.3) is 5.69 Å². The lowest BCUT2D eigenvalue weighted by molar-refractivity contribution is -0.116. The van der Waals surface area contributed by atoms with E-state index in [1.165, 1.54) is 5.56 Å². The van der Waals surface area contributed by atoms with Crippen molar-refractivity contribution in [3.63, 3.8) is 0 Å². The number of pyridine rings is 1. The van der Waals surface area contributed by atoms with Gasteiger partial charge in [0.2, 0.25) is 5.91 Å². The molecule has 0 unspecified atom stereocenters. The molecule has 2 N–H and O–H groups in total. The fourth-order valence-corrected chi connectivity index (χ4v) is 5.13. The highest BCUT2D eigenvalue weighted by Crippen LogP contribution is 2.39. The van der Waals surface area contributed by atoms with Crippen molar-refractivity contribution in [2.45, 2.75) is 25.4 Å². The van der Waals surface area contributed by atoms with Gasteiger partial charge in [0.15, 0.2) is 5.11 Å². The van der Waals surface area contributed by atoms with Gasteiger partial charge in [0.1, 0.15) is 5.75 Å². The quantitative estimate of drug-likeness (QED) is 0.317. The highest BCUT2D eigenvalue weighted by molar-refractivity contribution is 7.80. The highest BCUT2D eigenvalue weighted by Gasteiger charge is 2.41. The molecule has 1 saturated heterocycles. The molecule has 37 heavy (non-hydrogen) atoms. The van der Waals surface area contributed by atoms with Crippen LogP contribution in [0.3, 0.4) is 0 Å². The summed E-state index contributed by atoms with van der Waals surface area (Å²) in [4.78, 5) is 19.7. The number of aryl methyl sites for hydroxylation is 1. The molecular formula is C29H29N5O2S. The number of para-hydroxylation sites is 2. The normalized spacial score (nSPS) is 16.9. The van der Waals surface area contributed by atoms with Crippen LogP contribution in [0.5, 0.6) is 5.75 Å². The number of anilines is 1. The number of aromatic nitrogens is 2. The summed E-state index contributed by atoms with van der Waals surface area (Å²) < 4.78 is 7.55. The lowest BCUT2D eigenvalue weighted by Crippen LogP contribution is -2.33. The first kappa shape index (κ1) is 24.5. The molecule has 0 radical (unpaired) electrons. The number of hydrogen-bond acceptors (Lipinski definition) is 4. The monoisotopic (exact) mass is 511 g/mol. The molecule has 0 aliphatic carbocycles. The number of nitrogens with one attached hydrogen (secondary N) is 2. The summed E-state index contributed by atoms with van der Waals surface area (Å²) in [6, 6.07) is 25.5.